The van der Waals surface area contributed by atoms with Gasteiger partial charge in [0.1, 0.15) is 23.8 Å². The molecule has 1 aliphatic carbocycles. The van der Waals surface area contributed by atoms with Crippen LogP contribution in [0.25, 0.3) is 0 Å². The molecule has 0 spiro atoms. The number of aromatic nitrogens is 2. The van der Waals surface area contributed by atoms with E-state index in [4.69, 9.17) is 9.47 Å². The largest absolute Gasteiger partial charge is 0.497 e. The molecular formula is C20H27N3O3. The molecule has 6 nitrogen and oxygen atoms in total. The molecule has 0 saturated heterocycles. The molecule has 140 valence electrons. The Morgan fingerprint density at radius 1 is 1.23 bits per heavy atom. The van der Waals surface area contributed by atoms with Gasteiger partial charge in [-0.15, -0.1) is 0 Å². The highest BCUT2D eigenvalue weighted by Gasteiger charge is 2.32. The lowest BCUT2D eigenvalue weighted by Crippen LogP contribution is -2.29. The Bertz CT molecular complexity index is 756. The first-order valence-electron chi connectivity index (χ1n) is 9.04. The van der Waals surface area contributed by atoms with Crippen LogP contribution in [-0.2, 0) is 5.54 Å². The fraction of sp³-hybridized carbons (Fsp3) is 0.500. The van der Waals surface area contributed by atoms with Crippen LogP contribution in [0.2, 0.25) is 0 Å². The summed E-state index contributed by atoms with van der Waals surface area (Å²) in [5.74, 6) is 1.91. The zero-order chi connectivity index (χ0) is 18.7. The van der Waals surface area contributed by atoms with Crippen molar-refractivity contribution < 1.29 is 14.3 Å². The highest BCUT2D eigenvalue weighted by Crippen LogP contribution is 2.41. The Hall–Kier alpha value is -2.50. The van der Waals surface area contributed by atoms with Gasteiger partial charge in [0.25, 0.3) is 5.91 Å². The fourth-order valence-electron chi connectivity index (χ4n) is 2.81. The molecule has 0 bridgehead atoms. The molecular weight excluding hydrogens is 330 g/mol. The number of hydrogen-bond acceptors (Lipinski definition) is 4. The van der Waals surface area contributed by atoms with Gasteiger partial charge in [-0.25, -0.2) is 0 Å². The van der Waals surface area contributed by atoms with E-state index >= 15 is 0 Å². The molecule has 1 aromatic heterocycles. The van der Waals surface area contributed by atoms with Gasteiger partial charge in [-0.05, 0) is 63.9 Å². The third kappa shape index (κ3) is 4.36. The van der Waals surface area contributed by atoms with E-state index in [0.717, 1.165) is 17.2 Å². The molecule has 1 aliphatic rings. The van der Waals surface area contributed by atoms with Crippen LogP contribution in [0.5, 0.6) is 11.5 Å². The Kier molecular flexibility index (Phi) is 5.20. The standard InChI is InChI=1S/C20H27N3O3/c1-20(2,3)23-18(14-5-6-14)13-17(22-23)19(24)21-11-12-26-16-9-7-15(25-4)8-10-16/h7-10,13-14H,5-6,11-12H2,1-4H3,(H,21,24). The molecule has 1 N–H and O–H groups in total. The lowest BCUT2D eigenvalue weighted by atomic mass is 10.1. The molecule has 3 rings (SSSR count). The fourth-order valence-corrected chi connectivity index (χ4v) is 2.81. The van der Waals surface area contributed by atoms with E-state index in [1.54, 1.807) is 7.11 Å². The van der Waals surface area contributed by atoms with Crippen molar-refractivity contribution in [3.05, 3.63) is 41.7 Å². The molecule has 0 radical (unpaired) electrons. The van der Waals surface area contributed by atoms with Crippen molar-refractivity contribution >= 4 is 5.91 Å². The van der Waals surface area contributed by atoms with Gasteiger partial charge in [0.15, 0.2) is 0 Å². The van der Waals surface area contributed by atoms with Crippen molar-refractivity contribution in [2.45, 2.75) is 45.1 Å². The summed E-state index contributed by atoms with van der Waals surface area (Å²) in [6.45, 7) is 7.14. The first-order chi connectivity index (χ1) is 12.4. The van der Waals surface area contributed by atoms with E-state index in [0.29, 0.717) is 24.8 Å². The number of benzene rings is 1. The number of carbonyl (C=O) groups excluding carboxylic acids is 1. The molecule has 1 saturated carbocycles. The maximum absolute atomic E-state index is 12.4. The van der Waals surface area contributed by atoms with Crippen molar-refractivity contribution in [2.24, 2.45) is 0 Å². The van der Waals surface area contributed by atoms with E-state index in [1.165, 1.54) is 12.8 Å². The van der Waals surface area contributed by atoms with Crippen LogP contribution in [0.1, 0.15) is 55.7 Å². The minimum atomic E-state index is -0.159. The van der Waals surface area contributed by atoms with Gasteiger partial charge in [0, 0.05) is 11.6 Å². The third-order valence-corrected chi connectivity index (χ3v) is 4.32. The first kappa shape index (κ1) is 18.3. The van der Waals surface area contributed by atoms with Crippen LogP contribution in [0.4, 0.5) is 0 Å². The first-order valence-corrected chi connectivity index (χ1v) is 9.04. The van der Waals surface area contributed by atoms with E-state index in [1.807, 2.05) is 35.0 Å². The third-order valence-electron chi connectivity index (χ3n) is 4.32. The Morgan fingerprint density at radius 2 is 1.88 bits per heavy atom. The molecule has 1 heterocycles. The predicted octanol–water partition coefficient (Wildman–Crippen LogP) is 3.33. The quantitative estimate of drug-likeness (QED) is 0.772. The van der Waals surface area contributed by atoms with Crippen LogP contribution >= 0.6 is 0 Å². The van der Waals surface area contributed by atoms with Gasteiger partial charge in [0.2, 0.25) is 0 Å². The lowest BCUT2D eigenvalue weighted by Gasteiger charge is -2.22. The highest BCUT2D eigenvalue weighted by molar-refractivity contribution is 5.92. The predicted molar refractivity (Wildman–Crippen MR) is 100 cm³/mol. The number of rotatable bonds is 7. The Labute approximate surface area is 154 Å². The molecule has 1 fully saturated rings. The molecule has 0 unspecified atom stereocenters. The minimum Gasteiger partial charge on any atom is -0.497 e. The average molecular weight is 357 g/mol. The van der Waals surface area contributed by atoms with E-state index in [-0.39, 0.29) is 11.4 Å². The van der Waals surface area contributed by atoms with E-state index in [9.17, 15) is 4.79 Å². The molecule has 6 heteroatoms. The summed E-state index contributed by atoms with van der Waals surface area (Å²) in [5, 5.41) is 7.43. The van der Waals surface area contributed by atoms with Gasteiger partial charge in [-0.2, -0.15) is 5.10 Å². The van der Waals surface area contributed by atoms with Crippen LogP contribution in [0, 0.1) is 0 Å². The minimum absolute atomic E-state index is 0.131. The number of methoxy groups -OCH3 is 1. The maximum Gasteiger partial charge on any atom is 0.271 e. The van der Waals surface area contributed by atoms with E-state index in [2.05, 4.69) is 31.2 Å². The monoisotopic (exact) mass is 357 g/mol. The second-order valence-corrected chi connectivity index (χ2v) is 7.59. The summed E-state index contributed by atoms with van der Waals surface area (Å²) >= 11 is 0. The van der Waals surface area contributed by atoms with Gasteiger partial charge >= 0.3 is 0 Å². The van der Waals surface area contributed by atoms with Crippen molar-refractivity contribution in [1.29, 1.82) is 0 Å². The Balaban J connectivity index is 1.53. The van der Waals surface area contributed by atoms with Gasteiger partial charge in [0.05, 0.1) is 19.2 Å². The number of nitrogens with zero attached hydrogens (tertiary/aromatic N) is 2. The molecule has 2 aromatic rings. The van der Waals surface area contributed by atoms with Crippen molar-refractivity contribution in [1.82, 2.24) is 15.1 Å². The van der Waals surface area contributed by atoms with Crippen molar-refractivity contribution in [2.75, 3.05) is 20.3 Å². The molecule has 26 heavy (non-hydrogen) atoms. The lowest BCUT2D eigenvalue weighted by molar-refractivity contribution is 0.0940. The second-order valence-electron chi connectivity index (χ2n) is 7.59. The zero-order valence-electron chi connectivity index (χ0n) is 15.9. The van der Waals surface area contributed by atoms with Crippen LogP contribution in [0.3, 0.4) is 0 Å². The normalized spacial score (nSPS) is 14.2. The summed E-state index contributed by atoms with van der Waals surface area (Å²) in [6, 6.07) is 9.29. The summed E-state index contributed by atoms with van der Waals surface area (Å²) in [4.78, 5) is 12.4. The topological polar surface area (TPSA) is 65.4 Å². The number of amides is 1. The van der Waals surface area contributed by atoms with Crippen LogP contribution in [-0.4, -0.2) is 35.9 Å². The summed E-state index contributed by atoms with van der Waals surface area (Å²) in [7, 11) is 1.63. The Morgan fingerprint density at radius 3 is 2.46 bits per heavy atom. The molecule has 1 aromatic carbocycles. The number of carbonyl (C=O) groups is 1. The van der Waals surface area contributed by atoms with Gasteiger partial charge in [-0.1, -0.05) is 0 Å². The highest BCUT2D eigenvalue weighted by atomic mass is 16.5. The number of ether oxygens (including phenoxy) is 2. The smallest absolute Gasteiger partial charge is 0.271 e. The summed E-state index contributed by atoms with van der Waals surface area (Å²) in [5.41, 5.74) is 1.51. The average Bonchev–Trinajstić information content (AvgIpc) is 3.35. The van der Waals surface area contributed by atoms with Crippen LogP contribution in [0.15, 0.2) is 30.3 Å². The van der Waals surface area contributed by atoms with Gasteiger partial charge in [-0.3, -0.25) is 9.48 Å². The maximum atomic E-state index is 12.4. The number of nitrogens with one attached hydrogen (secondary N) is 1. The molecule has 0 aliphatic heterocycles. The summed E-state index contributed by atoms with van der Waals surface area (Å²) < 4.78 is 12.7. The summed E-state index contributed by atoms with van der Waals surface area (Å²) in [6.07, 6.45) is 2.36. The SMILES string of the molecule is COc1ccc(OCCNC(=O)c2cc(C3CC3)n(C(C)(C)C)n2)cc1. The van der Waals surface area contributed by atoms with Crippen molar-refractivity contribution in [3.8, 4) is 11.5 Å². The molecule has 0 atom stereocenters. The second kappa shape index (κ2) is 7.40. The van der Waals surface area contributed by atoms with E-state index < -0.39 is 0 Å². The molecule has 1 amide bonds. The number of hydrogen-bond donors (Lipinski definition) is 1. The van der Waals surface area contributed by atoms with Crippen molar-refractivity contribution in [3.63, 3.8) is 0 Å². The zero-order valence-corrected chi connectivity index (χ0v) is 15.9. The van der Waals surface area contributed by atoms with Gasteiger partial charge < -0.3 is 14.8 Å². The van der Waals surface area contributed by atoms with Crippen LogP contribution < -0.4 is 14.8 Å².